The standard InChI is InChI=1S/C17H17ClN2O3/c1-3-23-16(21)12-7-9-13(10-8-12)19-17(22)20-15-11(2)5-4-6-14(15)18/h4-10H,3H2,1-2H3,(H2,19,20,22). The van der Waals surface area contributed by atoms with E-state index in [1.165, 1.54) is 0 Å². The molecule has 0 aromatic heterocycles. The van der Waals surface area contributed by atoms with Gasteiger partial charge < -0.3 is 15.4 Å². The highest BCUT2D eigenvalue weighted by Crippen LogP contribution is 2.25. The number of esters is 1. The summed E-state index contributed by atoms with van der Waals surface area (Å²) in [5.74, 6) is -0.393. The summed E-state index contributed by atoms with van der Waals surface area (Å²) in [6.45, 7) is 3.92. The number of ether oxygens (including phenoxy) is 1. The van der Waals surface area contributed by atoms with E-state index < -0.39 is 12.0 Å². The third kappa shape index (κ3) is 4.47. The summed E-state index contributed by atoms with van der Waals surface area (Å²) in [5, 5.41) is 5.86. The van der Waals surface area contributed by atoms with Crippen LogP contribution in [0.5, 0.6) is 0 Å². The van der Waals surface area contributed by atoms with E-state index in [4.69, 9.17) is 16.3 Å². The van der Waals surface area contributed by atoms with Crippen LogP contribution in [0.1, 0.15) is 22.8 Å². The topological polar surface area (TPSA) is 67.4 Å². The number of rotatable bonds is 4. The summed E-state index contributed by atoms with van der Waals surface area (Å²) in [6, 6.07) is 11.4. The van der Waals surface area contributed by atoms with Gasteiger partial charge in [0.1, 0.15) is 0 Å². The summed E-state index contributed by atoms with van der Waals surface area (Å²) >= 11 is 6.07. The molecule has 0 heterocycles. The second kappa shape index (κ2) is 7.65. The second-order valence-corrected chi connectivity index (χ2v) is 5.22. The summed E-state index contributed by atoms with van der Waals surface area (Å²) in [7, 11) is 0. The SMILES string of the molecule is CCOC(=O)c1ccc(NC(=O)Nc2c(C)cccc2Cl)cc1. The lowest BCUT2D eigenvalue weighted by atomic mass is 10.2. The van der Waals surface area contributed by atoms with Gasteiger partial charge in [0.2, 0.25) is 0 Å². The number of carbonyl (C=O) groups excluding carboxylic acids is 2. The van der Waals surface area contributed by atoms with E-state index >= 15 is 0 Å². The Morgan fingerprint density at radius 1 is 1.09 bits per heavy atom. The van der Waals surface area contributed by atoms with E-state index in [2.05, 4.69) is 10.6 Å². The molecular weight excluding hydrogens is 316 g/mol. The smallest absolute Gasteiger partial charge is 0.338 e. The van der Waals surface area contributed by atoms with Crippen LogP contribution in [-0.2, 0) is 4.74 Å². The van der Waals surface area contributed by atoms with E-state index in [0.717, 1.165) is 5.56 Å². The fourth-order valence-corrected chi connectivity index (χ4v) is 2.24. The molecule has 0 bridgehead atoms. The van der Waals surface area contributed by atoms with Crippen LogP contribution in [0.15, 0.2) is 42.5 Å². The molecule has 0 saturated heterocycles. The molecule has 2 aromatic carbocycles. The zero-order valence-corrected chi connectivity index (χ0v) is 13.6. The molecule has 5 nitrogen and oxygen atoms in total. The number of nitrogens with one attached hydrogen (secondary N) is 2. The molecule has 2 rings (SSSR count). The average Bonchev–Trinajstić information content (AvgIpc) is 2.52. The van der Waals surface area contributed by atoms with Crippen molar-refractivity contribution in [3.63, 3.8) is 0 Å². The number of halogens is 1. The molecule has 2 amide bonds. The van der Waals surface area contributed by atoms with Crippen molar-refractivity contribution in [3.05, 3.63) is 58.6 Å². The molecule has 2 N–H and O–H groups in total. The molecule has 2 aromatic rings. The van der Waals surface area contributed by atoms with Gasteiger partial charge in [-0.2, -0.15) is 0 Å². The molecule has 0 aliphatic heterocycles. The van der Waals surface area contributed by atoms with Gasteiger partial charge >= 0.3 is 12.0 Å². The molecule has 23 heavy (non-hydrogen) atoms. The van der Waals surface area contributed by atoms with Crippen molar-refractivity contribution < 1.29 is 14.3 Å². The Morgan fingerprint density at radius 2 is 1.78 bits per heavy atom. The molecule has 0 spiro atoms. The van der Waals surface area contributed by atoms with Crippen molar-refractivity contribution in [2.75, 3.05) is 17.2 Å². The molecule has 0 radical (unpaired) electrons. The first kappa shape index (κ1) is 16.8. The monoisotopic (exact) mass is 332 g/mol. The first-order valence-electron chi connectivity index (χ1n) is 7.11. The largest absolute Gasteiger partial charge is 0.462 e. The Hall–Kier alpha value is -2.53. The number of urea groups is 1. The Bertz CT molecular complexity index is 694. The molecule has 0 aliphatic rings. The fourth-order valence-electron chi connectivity index (χ4n) is 1.97. The van der Waals surface area contributed by atoms with Crippen molar-refractivity contribution in [3.8, 4) is 0 Å². The number of amides is 2. The minimum Gasteiger partial charge on any atom is -0.462 e. The van der Waals surface area contributed by atoms with E-state index in [0.29, 0.717) is 28.6 Å². The zero-order chi connectivity index (χ0) is 16.8. The molecule has 0 atom stereocenters. The molecule has 6 heteroatoms. The lowest BCUT2D eigenvalue weighted by Gasteiger charge is -2.11. The minimum absolute atomic E-state index is 0.318. The van der Waals surface area contributed by atoms with Crippen LogP contribution in [0.4, 0.5) is 16.2 Å². The van der Waals surface area contributed by atoms with Gasteiger partial charge in [-0.3, -0.25) is 0 Å². The van der Waals surface area contributed by atoms with E-state index in [-0.39, 0.29) is 0 Å². The van der Waals surface area contributed by atoms with Gasteiger partial charge in [-0.25, -0.2) is 9.59 Å². The number of anilines is 2. The number of hydrogen-bond acceptors (Lipinski definition) is 3. The highest BCUT2D eigenvalue weighted by atomic mass is 35.5. The molecule has 120 valence electrons. The van der Waals surface area contributed by atoms with Gasteiger partial charge in [0.25, 0.3) is 0 Å². The number of benzene rings is 2. The normalized spacial score (nSPS) is 10.0. The Balaban J connectivity index is 2.02. The zero-order valence-electron chi connectivity index (χ0n) is 12.9. The van der Waals surface area contributed by atoms with Crippen LogP contribution in [0.2, 0.25) is 5.02 Å². The maximum atomic E-state index is 12.0. The lowest BCUT2D eigenvalue weighted by Crippen LogP contribution is -2.20. The Kier molecular flexibility index (Phi) is 5.60. The number of hydrogen-bond donors (Lipinski definition) is 2. The quantitative estimate of drug-likeness (QED) is 0.812. The molecule has 0 unspecified atom stereocenters. The predicted octanol–water partition coefficient (Wildman–Crippen LogP) is 4.47. The Morgan fingerprint density at radius 3 is 2.39 bits per heavy atom. The van der Waals surface area contributed by atoms with Crippen LogP contribution in [0.25, 0.3) is 0 Å². The lowest BCUT2D eigenvalue weighted by molar-refractivity contribution is 0.0526. The van der Waals surface area contributed by atoms with Crippen LogP contribution >= 0.6 is 11.6 Å². The number of aryl methyl sites for hydroxylation is 1. The van der Waals surface area contributed by atoms with Gasteiger partial charge in [-0.05, 0) is 49.7 Å². The molecule has 0 fully saturated rings. The average molecular weight is 333 g/mol. The van der Waals surface area contributed by atoms with Crippen molar-refractivity contribution >= 4 is 35.0 Å². The molecule has 0 aliphatic carbocycles. The van der Waals surface area contributed by atoms with E-state index in [1.807, 2.05) is 19.1 Å². The minimum atomic E-state index is -0.412. The number of carbonyl (C=O) groups is 2. The number of para-hydroxylation sites is 1. The first-order valence-corrected chi connectivity index (χ1v) is 7.49. The third-order valence-corrected chi connectivity index (χ3v) is 3.43. The van der Waals surface area contributed by atoms with Gasteiger partial charge in [-0.1, -0.05) is 23.7 Å². The third-order valence-electron chi connectivity index (χ3n) is 3.11. The Labute approximate surface area is 139 Å². The van der Waals surface area contributed by atoms with Crippen molar-refractivity contribution in [2.45, 2.75) is 13.8 Å². The molecular formula is C17H17ClN2O3. The predicted molar refractivity (Wildman–Crippen MR) is 91.2 cm³/mol. The van der Waals surface area contributed by atoms with Crippen molar-refractivity contribution in [2.24, 2.45) is 0 Å². The summed E-state index contributed by atoms with van der Waals surface area (Å²) in [5.41, 5.74) is 2.42. The van der Waals surface area contributed by atoms with Gasteiger partial charge in [0.05, 0.1) is 22.9 Å². The maximum absolute atomic E-state index is 12.0. The first-order chi connectivity index (χ1) is 11.0. The second-order valence-electron chi connectivity index (χ2n) is 4.81. The van der Waals surface area contributed by atoms with Gasteiger partial charge in [0, 0.05) is 5.69 Å². The van der Waals surface area contributed by atoms with Crippen LogP contribution in [-0.4, -0.2) is 18.6 Å². The summed E-state index contributed by atoms with van der Waals surface area (Å²) < 4.78 is 4.90. The van der Waals surface area contributed by atoms with E-state index in [9.17, 15) is 9.59 Å². The fraction of sp³-hybridized carbons (Fsp3) is 0.176. The highest BCUT2D eigenvalue weighted by molar-refractivity contribution is 6.34. The highest BCUT2D eigenvalue weighted by Gasteiger charge is 2.09. The van der Waals surface area contributed by atoms with E-state index in [1.54, 1.807) is 37.3 Å². The van der Waals surface area contributed by atoms with Gasteiger partial charge in [-0.15, -0.1) is 0 Å². The van der Waals surface area contributed by atoms with Gasteiger partial charge in [0.15, 0.2) is 0 Å². The van der Waals surface area contributed by atoms with Crippen molar-refractivity contribution in [1.29, 1.82) is 0 Å². The van der Waals surface area contributed by atoms with Crippen molar-refractivity contribution in [1.82, 2.24) is 0 Å². The van der Waals surface area contributed by atoms with Crippen LogP contribution in [0, 0.1) is 6.92 Å². The molecule has 0 saturated carbocycles. The summed E-state index contributed by atoms with van der Waals surface area (Å²) in [6.07, 6.45) is 0. The maximum Gasteiger partial charge on any atom is 0.338 e. The van der Waals surface area contributed by atoms with Crippen LogP contribution < -0.4 is 10.6 Å². The summed E-state index contributed by atoms with van der Waals surface area (Å²) in [4.78, 5) is 23.6. The van der Waals surface area contributed by atoms with Crippen LogP contribution in [0.3, 0.4) is 0 Å².